The zero-order chi connectivity index (χ0) is 18.6. The second-order valence-corrected chi connectivity index (χ2v) is 7.85. The van der Waals surface area contributed by atoms with Gasteiger partial charge < -0.3 is 14.4 Å². The first-order chi connectivity index (χ1) is 11.7. The molecule has 0 spiro atoms. The number of hydrogen-bond donors (Lipinski definition) is 0. The molecule has 1 saturated heterocycles. The third-order valence-electron chi connectivity index (χ3n) is 4.25. The second-order valence-electron chi connectivity index (χ2n) is 7.85. The first-order valence-corrected chi connectivity index (χ1v) is 8.87. The Morgan fingerprint density at radius 1 is 1.28 bits per heavy atom. The summed E-state index contributed by atoms with van der Waals surface area (Å²) in [6.07, 6.45) is 2.59. The molecule has 5 nitrogen and oxygen atoms in total. The topological polar surface area (TPSA) is 55.8 Å². The van der Waals surface area contributed by atoms with Gasteiger partial charge in [0.2, 0.25) is 0 Å². The number of aryl methyl sites for hydroxylation is 2. The monoisotopic (exact) mass is 347 g/mol. The van der Waals surface area contributed by atoms with Crippen molar-refractivity contribution in [3.63, 3.8) is 0 Å². The number of likely N-dealkylation sites (tertiary alicyclic amines) is 1. The molecule has 1 atom stereocenters. The molecule has 0 bridgehead atoms. The third kappa shape index (κ3) is 5.48. The van der Waals surface area contributed by atoms with E-state index < -0.39 is 5.60 Å². The lowest BCUT2D eigenvalue weighted by Gasteiger charge is -2.34. The molecule has 1 aliphatic heterocycles. The van der Waals surface area contributed by atoms with E-state index in [1.165, 1.54) is 0 Å². The first kappa shape index (κ1) is 19.3. The summed E-state index contributed by atoms with van der Waals surface area (Å²) in [5, 5.41) is 0. The Morgan fingerprint density at radius 2 is 1.92 bits per heavy atom. The van der Waals surface area contributed by atoms with E-state index in [4.69, 9.17) is 9.47 Å². The predicted molar refractivity (Wildman–Crippen MR) is 97.3 cm³/mol. The molecule has 5 heteroatoms. The fourth-order valence-electron chi connectivity index (χ4n) is 3.17. The van der Waals surface area contributed by atoms with Gasteiger partial charge in [0.15, 0.2) is 0 Å². The quantitative estimate of drug-likeness (QED) is 0.768. The molecule has 1 aromatic rings. The Hall–Kier alpha value is -2.04. The Morgan fingerprint density at radius 3 is 2.48 bits per heavy atom. The summed E-state index contributed by atoms with van der Waals surface area (Å²) in [5.74, 6) is 1.12. The van der Waals surface area contributed by atoms with Crippen molar-refractivity contribution in [1.82, 2.24) is 4.90 Å². The molecule has 2 rings (SSSR count). The van der Waals surface area contributed by atoms with Crippen LogP contribution in [0.3, 0.4) is 0 Å². The molecule has 1 fully saturated rings. The van der Waals surface area contributed by atoms with E-state index in [1.807, 2.05) is 46.8 Å². The second kappa shape index (κ2) is 7.89. The average Bonchev–Trinajstić information content (AvgIpc) is 2.52. The maximum atomic E-state index is 12.2. The van der Waals surface area contributed by atoms with Gasteiger partial charge in [-0.2, -0.15) is 0 Å². The highest BCUT2D eigenvalue weighted by Gasteiger charge is 2.28. The smallest absolute Gasteiger partial charge is 0.410 e. The van der Waals surface area contributed by atoms with Crippen LogP contribution in [-0.4, -0.2) is 42.6 Å². The van der Waals surface area contributed by atoms with Crippen LogP contribution in [0.1, 0.15) is 55.1 Å². The van der Waals surface area contributed by atoms with Gasteiger partial charge in [-0.3, -0.25) is 4.79 Å². The average molecular weight is 347 g/mol. The van der Waals surface area contributed by atoms with Gasteiger partial charge in [0.1, 0.15) is 17.6 Å². The minimum atomic E-state index is -0.477. The number of rotatable bonds is 4. The van der Waals surface area contributed by atoms with Gasteiger partial charge in [-0.15, -0.1) is 0 Å². The molecule has 0 radical (unpaired) electrons. The lowest BCUT2D eigenvalue weighted by molar-refractivity contribution is 0.0139. The molecule has 1 aromatic carbocycles. The van der Waals surface area contributed by atoms with Crippen molar-refractivity contribution >= 4 is 12.4 Å². The summed E-state index contributed by atoms with van der Waals surface area (Å²) in [7, 11) is 0. The summed E-state index contributed by atoms with van der Waals surface area (Å²) in [4.78, 5) is 25.0. The largest absolute Gasteiger partial charge is 0.493 e. The van der Waals surface area contributed by atoms with Crippen molar-refractivity contribution in [2.45, 2.75) is 53.1 Å². The van der Waals surface area contributed by atoms with E-state index in [1.54, 1.807) is 4.90 Å². The molecular formula is C20H29NO4. The summed E-state index contributed by atoms with van der Waals surface area (Å²) in [5.41, 5.74) is 2.11. The summed E-state index contributed by atoms with van der Waals surface area (Å²) in [6, 6.07) is 3.67. The molecule has 1 heterocycles. The molecule has 0 aliphatic carbocycles. The van der Waals surface area contributed by atoms with E-state index in [0.717, 1.165) is 42.5 Å². The predicted octanol–water partition coefficient (Wildman–Crippen LogP) is 4.14. The van der Waals surface area contributed by atoms with Crippen molar-refractivity contribution in [2.24, 2.45) is 5.92 Å². The molecule has 0 N–H and O–H groups in total. The third-order valence-corrected chi connectivity index (χ3v) is 4.25. The molecule has 138 valence electrons. The van der Waals surface area contributed by atoms with E-state index in [2.05, 4.69) is 0 Å². The Bertz CT molecular complexity index is 610. The molecule has 0 saturated carbocycles. The normalized spacial score (nSPS) is 18.0. The van der Waals surface area contributed by atoms with Gasteiger partial charge in [0, 0.05) is 24.6 Å². The van der Waals surface area contributed by atoms with Crippen LogP contribution < -0.4 is 4.74 Å². The van der Waals surface area contributed by atoms with Gasteiger partial charge in [-0.25, -0.2) is 4.79 Å². The lowest BCUT2D eigenvalue weighted by Crippen LogP contribution is -2.44. The molecular weight excluding hydrogens is 318 g/mol. The fourth-order valence-corrected chi connectivity index (χ4v) is 3.17. The summed E-state index contributed by atoms with van der Waals surface area (Å²) < 4.78 is 11.5. The summed E-state index contributed by atoms with van der Waals surface area (Å²) in [6.45, 7) is 11.5. The standard InChI is InChI=1S/C20H29NO4/c1-14-9-17(12-22)10-15(2)18(14)24-13-16-7-6-8-21(11-16)19(23)25-20(3,4)5/h9-10,12,16H,6-8,11,13H2,1-5H3. The zero-order valence-corrected chi connectivity index (χ0v) is 15.9. The number of carbonyl (C=O) groups is 2. The Balaban J connectivity index is 1.95. The highest BCUT2D eigenvalue weighted by Crippen LogP contribution is 2.26. The van der Waals surface area contributed by atoms with Crippen LogP contribution in [0.4, 0.5) is 4.79 Å². The molecule has 25 heavy (non-hydrogen) atoms. The van der Waals surface area contributed by atoms with Crippen LogP contribution in [0.25, 0.3) is 0 Å². The van der Waals surface area contributed by atoms with Gasteiger partial charge >= 0.3 is 6.09 Å². The number of amides is 1. The van der Waals surface area contributed by atoms with Gasteiger partial charge in [-0.05, 0) is 70.7 Å². The molecule has 1 unspecified atom stereocenters. The van der Waals surface area contributed by atoms with Crippen molar-refractivity contribution in [1.29, 1.82) is 0 Å². The Kier molecular flexibility index (Phi) is 6.09. The van der Waals surface area contributed by atoms with Crippen molar-refractivity contribution < 1.29 is 19.1 Å². The molecule has 0 aromatic heterocycles. The lowest BCUT2D eigenvalue weighted by atomic mass is 9.99. The highest BCUT2D eigenvalue weighted by molar-refractivity contribution is 5.76. The zero-order valence-electron chi connectivity index (χ0n) is 15.9. The fraction of sp³-hybridized carbons (Fsp3) is 0.600. The van der Waals surface area contributed by atoms with E-state index in [-0.39, 0.29) is 12.0 Å². The number of benzene rings is 1. The van der Waals surface area contributed by atoms with Crippen LogP contribution in [0, 0.1) is 19.8 Å². The highest BCUT2D eigenvalue weighted by atomic mass is 16.6. The Labute approximate surface area is 150 Å². The number of piperidine rings is 1. The SMILES string of the molecule is Cc1cc(C=O)cc(C)c1OCC1CCCN(C(=O)OC(C)(C)C)C1. The maximum absolute atomic E-state index is 12.2. The van der Waals surface area contributed by atoms with Crippen LogP contribution in [0.2, 0.25) is 0 Å². The first-order valence-electron chi connectivity index (χ1n) is 8.87. The number of hydrogen-bond acceptors (Lipinski definition) is 4. The van der Waals surface area contributed by atoms with Crippen LogP contribution in [0.5, 0.6) is 5.75 Å². The van der Waals surface area contributed by atoms with Crippen molar-refractivity contribution in [2.75, 3.05) is 19.7 Å². The number of carbonyl (C=O) groups excluding carboxylic acids is 2. The minimum Gasteiger partial charge on any atom is -0.493 e. The van der Waals surface area contributed by atoms with Crippen molar-refractivity contribution in [3.05, 3.63) is 28.8 Å². The van der Waals surface area contributed by atoms with E-state index >= 15 is 0 Å². The van der Waals surface area contributed by atoms with Crippen molar-refractivity contribution in [3.8, 4) is 5.75 Å². The number of ether oxygens (including phenoxy) is 2. The summed E-state index contributed by atoms with van der Waals surface area (Å²) >= 11 is 0. The number of nitrogens with zero attached hydrogens (tertiary/aromatic N) is 1. The van der Waals surface area contributed by atoms with E-state index in [9.17, 15) is 9.59 Å². The van der Waals surface area contributed by atoms with Gasteiger partial charge in [0.25, 0.3) is 0 Å². The molecule has 1 aliphatic rings. The van der Waals surface area contributed by atoms with Crippen LogP contribution in [-0.2, 0) is 4.74 Å². The van der Waals surface area contributed by atoms with E-state index in [0.29, 0.717) is 18.7 Å². The number of aldehydes is 1. The molecule has 1 amide bonds. The van der Waals surface area contributed by atoms with Gasteiger partial charge in [0.05, 0.1) is 6.61 Å². The van der Waals surface area contributed by atoms with Crippen LogP contribution >= 0.6 is 0 Å². The van der Waals surface area contributed by atoms with Gasteiger partial charge in [-0.1, -0.05) is 0 Å². The van der Waals surface area contributed by atoms with Crippen LogP contribution in [0.15, 0.2) is 12.1 Å². The maximum Gasteiger partial charge on any atom is 0.410 e. The minimum absolute atomic E-state index is 0.250.